The zero-order valence-corrected chi connectivity index (χ0v) is 62.2. The van der Waals surface area contributed by atoms with Crippen molar-refractivity contribution in [3.05, 3.63) is 388 Å². The first-order chi connectivity index (χ1) is 57.4. The molecule has 0 amide bonds. The molecule has 14 heteroatoms. The van der Waals surface area contributed by atoms with E-state index in [0.29, 0.717) is 69.9 Å². The van der Waals surface area contributed by atoms with Crippen LogP contribution in [0.2, 0.25) is 0 Å². The maximum Gasteiger partial charge on any atom is 0.166 e. The van der Waals surface area contributed by atoms with Gasteiger partial charge in [-0.2, -0.15) is 0 Å². The minimum Gasteiger partial charge on any atom is -0.309 e. The predicted molar refractivity (Wildman–Crippen MR) is 465 cm³/mol. The average molecular weight is 1490 g/mol. The molecule has 6 heterocycles. The molecule has 15 aromatic carbocycles. The van der Waals surface area contributed by atoms with Crippen LogP contribution in [0.15, 0.2) is 388 Å². The quantitative estimate of drug-likeness (QED) is 0.0900. The number of aromatic nitrogens is 14. The minimum atomic E-state index is 0.500. The Labute approximate surface area is 667 Å². The Balaban J connectivity index is 0.755. The fraction of sp³-hybridized carbons (Fsp3) is 0. The zero-order valence-electron chi connectivity index (χ0n) is 62.2. The number of nitrogens with zero attached hydrogens (tertiary/aromatic N) is 14. The molecule has 6 aromatic heterocycles. The van der Waals surface area contributed by atoms with E-state index in [2.05, 4.69) is 155 Å². The Bertz CT molecular complexity index is 7060. The molecule has 0 spiro atoms. The first kappa shape index (κ1) is 68.0. The second kappa shape index (κ2) is 29.3. The lowest BCUT2D eigenvalue weighted by atomic mass is 9.95. The molecule has 21 aromatic rings. The summed E-state index contributed by atoms with van der Waals surface area (Å²) in [4.78, 5) is 62.9. The summed E-state index contributed by atoms with van der Waals surface area (Å²) in [5.74, 6) is 6.71. The summed E-state index contributed by atoms with van der Waals surface area (Å²) in [7, 11) is 0. The predicted octanol–water partition coefficient (Wildman–Crippen LogP) is 24.0. The zero-order chi connectivity index (χ0) is 76.8. The Hall–Kier alpha value is -16.1. The highest BCUT2D eigenvalue weighted by Gasteiger charge is 2.25. The van der Waals surface area contributed by atoms with Crippen LogP contribution in [0.1, 0.15) is 0 Å². The van der Waals surface area contributed by atoms with E-state index in [1.165, 1.54) is 0 Å². The summed E-state index contributed by atoms with van der Waals surface area (Å²) in [5, 5.41) is 4.14. The van der Waals surface area contributed by atoms with Crippen LogP contribution < -0.4 is 0 Å². The van der Waals surface area contributed by atoms with Gasteiger partial charge in [0.05, 0.1) is 27.8 Å². The third-order valence-electron chi connectivity index (χ3n) is 21.1. The molecule has 0 aliphatic rings. The summed E-state index contributed by atoms with van der Waals surface area (Å²) >= 11 is 0. The molecule has 0 bridgehead atoms. The summed E-state index contributed by atoms with van der Waals surface area (Å²) in [6.45, 7) is 0. The SMILES string of the molecule is c1ccc(-c2nc(-c3ccccc3)nc(-c3cc(-c4cccc(-c5ccc(-n6c7ccccc7c7cc(-c8nc(-c9ccccc9)nc(-c9ccccc9)n8)ccc76)c(-c6nc(-c7ccccc7)nc(-c7ccccc7)n6)c5)c4)cc(-n4c5ccccc5c5cc(-c6nc(-c7ccccc7)nc(-c7ccccc7)n6)ccc54)c3)n2)cc1. The van der Waals surface area contributed by atoms with Crippen LogP contribution in [-0.4, -0.2) is 68.9 Å². The van der Waals surface area contributed by atoms with Crippen molar-refractivity contribution in [1.82, 2.24) is 68.9 Å². The number of hydrogen-bond acceptors (Lipinski definition) is 12. The van der Waals surface area contributed by atoms with Crippen molar-refractivity contribution in [3.8, 4) is 170 Å². The molecule has 14 nitrogen and oxygen atoms in total. The number of fused-ring (bicyclic) bond motifs is 6. The van der Waals surface area contributed by atoms with E-state index in [4.69, 9.17) is 59.8 Å². The molecule has 0 saturated carbocycles. The van der Waals surface area contributed by atoms with E-state index >= 15 is 0 Å². The van der Waals surface area contributed by atoms with Gasteiger partial charge in [0, 0.05) is 94.0 Å². The molecule has 0 radical (unpaired) electrons. The fourth-order valence-corrected chi connectivity index (χ4v) is 15.5. The number of hydrogen-bond donors (Lipinski definition) is 0. The van der Waals surface area contributed by atoms with Crippen LogP contribution in [0.3, 0.4) is 0 Å². The fourth-order valence-electron chi connectivity index (χ4n) is 15.5. The summed E-state index contributed by atoms with van der Waals surface area (Å²) in [5.41, 5.74) is 19.8. The van der Waals surface area contributed by atoms with E-state index in [9.17, 15) is 0 Å². The smallest absolute Gasteiger partial charge is 0.166 e. The Kier molecular flexibility index (Phi) is 17.2. The van der Waals surface area contributed by atoms with Crippen molar-refractivity contribution in [3.63, 3.8) is 0 Å². The van der Waals surface area contributed by atoms with Crippen molar-refractivity contribution in [2.24, 2.45) is 0 Å². The average Bonchev–Trinajstić information content (AvgIpc) is 1.54. The molecule has 0 aliphatic heterocycles. The Morgan fingerprint density at radius 3 is 0.759 bits per heavy atom. The van der Waals surface area contributed by atoms with Crippen molar-refractivity contribution in [1.29, 1.82) is 0 Å². The molecule has 0 aliphatic carbocycles. The number of benzene rings is 15. The summed E-state index contributed by atoms with van der Waals surface area (Å²) in [6, 6.07) is 133. The van der Waals surface area contributed by atoms with Crippen molar-refractivity contribution in [2.75, 3.05) is 0 Å². The minimum absolute atomic E-state index is 0.500. The molecule has 116 heavy (non-hydrogen) atoms. The van der Waals surface area contributed by atoms with Gasteiger partial charge in [-0.25, -0.2) is 59.8 Å². The van der Waals surface area contributed by atoms with Gasteiger partial charge in [0.1, 0.15) is 0 Å². The monoisotopic (exact) mass is 1480 g/mol. The lowest BCUT2D eigenvalue weighted by Crippen LogP contribution is -2.04. The Morgan fingerprint density at radius 2 is 0.388 bits per heavy atom. The number of rotatable bonds is 16. The lowest BCUT2D eigenvalue weighted by molar-refractivity contribution is 1.06. The highest BCUT2D eigenvalue weighted by atomic mass is 15.1. The van der Waals surface area contributed by atoms with Gasteiger partial charge in [0.25, 0.3) is 0 Å². The normalized spacial score (nSPS) is 11.4. The van der Waals surface area contributed by atoms with Gasteiger partial charge in [0.2, 0.25) is 0 Å². The van der Waals surface area contributed by atoms with Crippen LogP contribution in [0.5, 0.6) is 0 Å². The highest BCUT2D eigenvalue weighted by molar-refractivity contribution is 6.12. The standard InChI is InChI=1S/C102H64N14/c1-9-30-65(31-10-1)91-103-92(66-32-11-2-12-33-66)108-99(107-91)76-53-56-88-83(63-76)81-48-25-27-50-86(81)115(88)80-60-78(59-79(61-80)101-111-95(69-38-17-5-18-39-69)105-96(112-101)70-40-19-6-20-41-70)74-47-29-46-73(58-74)75-52-55-90(85(62-75)102-113-97(71-42-21-7-22-43-71)106-98(114-102)72-44-23-8-24-45-72)116-87-51-28-26-49-82(87)84-64-77(54-57-89(84)116)100-109-93(67-34-13-3-14-35-67)104-94(110-100)68-36-15-4-16-37-68/h1-64H. The summed E-state index contributed by atoms with van der Waals surface area (Å²) < 4.78 is 4.68. The van der Waals surface area contributed by atoms with Gasteiger partial charge in [-0.3, -0.25) is 0 Å². The van der Waals surface area contributed by atoms with Crippen LogP contribution in [-0.2, 0) is 0 Å². The van der Waals surface area contributed by atoms with E-state index < -0.39 is 0 Å². The largest absolute Gasteiger partial charge is 0.309 e. The van der Waals surface area contributed by atoms with Crippen LogP contribution in [0.25, 0.3) is 214 Å². The lowest BCUT2D eigenvalue weighted by Gasteiger charge is -2.17. The van der Waals surface area contributed by atoms with Gasteiger partial charge in [-0.05, 0) is 107 Å². The third kappa shape index (κ3) is 12.9. The first-order valence-corrected chi connectivity index (χ1v) is 38.4. The van der Waals surface area contributed by atoms with Gasteiger partial charge in [-0.15, -0.1) is 0 Å². The van der Waals surface area contributed by atoms with Crippen LogP contribution in [0.4, 0.5) is 0 Å². The van der Waals surface area contributed by atoms with Crippen molar-refractivity contribution >= 4 is 43.6 Å². The van der Waals surface area contributed by atoms with Crippen molar-refractivity contribution < 1.29 is 0 Å². The van der Waals surface area contributed by atoms with E-state index in [1.54, 1.807) is 0 Å². The molecule has 21 rings (SSSR count). The second-order valence-electron chi connectivity index (χ2n) is 28.4. The highest BCUT2D eigenvalue weighted by Crippen LogP contribution is 2.43. The van der Waals surface area contributed by atoms with E-state index in [-0.39, 0.29) is 0 Å². The summed E-state index contributed by atoms with van der Waals surface area (Å²) in [6.07, 6.45) is 0. The Morgan fingerprint density at radius 1 is 0.138 bits per heavy atom. The molecular weight excluding hydrogens is 1420 g/mol. The van der Waals surface area contributed by atoms with Gasteiger partial charge in [0.15, 0.2) is 69.9 Å². The maximum absolute atomic E-state index is 5.48. The molecule has 0 fully saturated rings. The molecular formula is C102H64N14. The van der Waals surface area contributed by atoms with E-state index in [0.717, 1.165) is 144 Å². The first-order valence-electron chi connectivity index (χ1n) is 38.4. The molecule has 0 atom stereocenters. The molecule has 0 N–H and O–H groups in total. The molecule has 0 saturated heterocycles. The van der Waals surface area contributed by atoms with Crippen LogP contribution in [0, 0.1) is 0 Å². The van der Waals surface area contributed by atoms with Crippen LogP contribution >= 0.6 is 0 Å². The second-order valence-corrected chi connectivity index (χ2v) is 28.4. The topological polar surface area (TPSA) is 165 Å². The third-order valence-corrected chi connectivity index (χ3v) is 21.1. The van der Waals surface area contributed by atoms with Crippen molar-refractivity contribution in [2.45, 2.75) is 0 Å². The van der Waals surface area contributed by atoms with Gasteiger partial charge >= 0.3 is 0 Å². The molecule has 0 unspecified atom stereocenters. The van der Waals surface area contributed by atoms with Gasteiger partial charge < -0.3 is 9.13 Å². The van der Waals surface area contributed by atoms with Gasteiger partial charge in [-0.1, -0.05) is 303 Å². The number of para-hydroxylation sites is 2. The van der Waals surface area contributed by atoms with E-state index in [1.807, 2.05) is 243 Å². The molecule has 542 valence electrons. The maximum atomic E-state index is 5.48.